The Morgan fingerprint density at radius 2 is 2.14 bits per heavy atom. The summed E-state index contributed by atoms with van der Waals surface area (Å²) < 4.78 is 32.7. The molecule has 0 bridgehead atoms. The molecule has 2 heterocycles. The van der Waals surface area contributed by atoms with Crippen LogP contribution in [0.5, 0.6) is 5.75 Å². The zero-order valence-corrected chi connectivity index (χ0v) is 12.8. The van der Waals surface area contributed by atoms with Crippen LogP contribution in [0.3, 0.4) is 0 Å². The summed E-state index contributed by atoms with van der Waals surface area (Å²) in [6.07, 6.45) is 3.75. The molecule has 4 nitrogen and oxygen atoms in total. The summed E-state index contributed by atoms with van der Waals surface area (Å²) in [5, 5.41) is 0. The third kappa shape index (κ3) is 3.17. The molecule has 2 aromatic heterocycles. The number of methoxy groups -OCH3 is 1. The van der Waals surface area contributed by atoms with Gasteiger partial charge in [0.05, 0.1) is 24.3 Å². The van der Waals surface area contributed by atoms with Crippen molar-refractivity contribution < 1.29 is 13.3 Å². The van der Waals surface area contributed by atoms with Gasteiger partial charge in [-0.3, -0.25) is 4.21 Å². The van der Waals surface area contributed by atoms with Crippen molar-refractivity contribution in [3.8, 4) is 5.75 Å². The van der Waals surface area contributed by atoms with Crippen molar-refractivity contribution in [3.05, 3.63) is 65.9 Å². The Balaban J connectivity index is 1.76. The zero-order chi connectivity index (χ0) is 15.5. The molecule has 0 saturated heterocycles. The molecule has 1 atom stereocenters. The Bertz CT molecular complexity index is 799. The maximum Gasteiger partial charge on any atom is 0.137 e. The fourth-order valence-electron chi connectivity index (χ4n) is 2.31. The van der Waals surface area contributed by atoms with Gasteiger partial charge in [0.2, 0.25) is 0 Å². The lowest BCUT2D eigenvalue weighted by molar-refractivity contribution is 0.410. The van der Waals surface area contributed by atoms with E-state index in [2.05, 4.69) is 4.98 Å². The Hall–Kier alpha value is -2.21. The minimum absolute atomic E-state index is 0.231. The highest BCUT2D eigenvalue weighted by Gasteiger charge is 2.11. The first-order valence-corrected chi connectivity index (χ1v) is 8.24. The van der Waals surface area contributed by atoms with Crippen molar-refractivity contribution in [3.63, 3.8) is 0 Å². The largest absolute Gasteiger partial charge is 0.496 e. The summed E-state index contributed by atoms with van der Waals surface area (Å²) in [4.78, 5) is 4.42. The molecule has 0 aliphatic rings. The normalized spacial score (nSPS) is 12.5. The molecule has 0 amide bonds. The minimum Gasteiger partial charge on any atom is -0.496 e. The predicted octanol–water partition coefficient (Wildman–Crippen LogP) is 2.93. The van der Waals surface area contributed by atoms with Gasteiger partial charge >= 0.3 is 0 Å². The molecule has 3 rings (SSSR count). The van der Waals surface area contributed by atoms with Gasteiger partial charge in [-0.15, -0.1) is 0 Å². The molecule has 0 saturated carbocycles. The number of halogens is 1. The number of hydrogen-bond acceptors (Lipinski definition) is 3. The van der Waals surface area contributed by atoms with Crippen molar-refractivity contribution in [2.24, 2.45) is 0 Å². The van der Waals surface area contributed by atoms with Gasteiger partial charge in [-0.2, -0.15) is 0 Å². The maximum atomic E-state index is 13.3. The standard InChI is InChI=1S/C16H15FN2O2S/c1-21-15-6-5-13(17)8-12(15)10-22(20)11-14-9-19-7-3-2-4-16(19)18-14/h2-9H,10-11H2,1H3/t22-/m0/s1. The number of ether oxygens (including phenoxy) is 1. The number of fused-ring (bicyclic) bond motifs is 1. The smallest absolute Gasteiger partial charge is 0.137 e. The summed E-state index contributed by atoms with van der Waals surface area (Å²) in [5.74, 6) is 0.737. The van der Waals surface area contributed by atoms with E-state index in [4.69, 9.17) is 4.74 Å². The van der Waals surface area contributed by atoms with Crippen molar-refractivity contribution >= 4 is 16.4 Å². The Kier molecular flexibility index (Phi) is 4.20. The Morgan fingerprint density at radius 1 is 1.27 bits per heavy atom. The van der Waals surface area contributed by atoms with E-state index < -0.39 is 10.8 Å². The summed E-state index contributed by atoms with van der Waals surface area (Å²) >= 11 is 0. The average Bonchev–Trinajstić information content (AvgIpc) is 2.89. The lowest BCUT2D eigenvalue weighted by Gasteiger charge is -2.07. The van der Waals surface area contributed by atoms with Gasteiger partial charge in [0.15, 0.2) is 0 Å². The Morgan fingerprint density at radius 3 is 2.91 bits per heavy atom. The molecule has 114 valence electrons. The molecule has 0 spiro atoms. The number of pyridine rings is 1. The second kappa shape index (κ2) is 6.27. The van der Waals surface area contributed by atoms with E-state index in [-0.39, 0.29) is 11.6 Å². The first kappa shape index (κ1) is 14.7. The number of nitrogens with zero attached hydrogens (tertiary/aromatic N) is 2. The highest BCUT2D eigenvalue weighted by Crippen LogP contribution is 2.21. The van der Waals surface area contributed by atoms with Crippen molar-refractivity contribution in [1.82, 2.24) is 9.38 Å². The topological polar surface area (TPSA) is 43.6 Å². The molecular weight excluding hydrogens is 303 g/mol. The summed E-state index contributed by atoms with van der Waals surface area (Å²) in [6, 6.07) is 9.94. The van der Waals surface area contributed by atoms with Gasteiger partial charge in [0.25, 0.3) is 0 Å². The summed E-state index contributed by atoms with van der Waals surface area (Å²) in [6.45, 7) is 0. The van der Waals surface area contributed by atoms with Crippen LogP contribution in [0.4, 0.5) is 4.39 Å². The summed E-state index contributed by atoms with van der Waals surface area (Å²) in [5.41, 5.74) is 2.17. The van der Waals surface area contributed by atoms with Crippen LogP contribution in [0.1, 0.15) is 11.3 Å². The molecule has 0 N–H and O–H groups in total. The SMILES string of the molecule is COc1ccc(F)cc1C[S@](=O)Cc1cn2ccccc2n1. The van der Waals surface area contributed by atoms with Crippen LogP contribution in [0.2, 0.25) is 0 Å². The van der Waals surface area contributed by atoms with E-state index in [1.165, 1.54) is 19.2 Å². The maximum absolute atomic E-state index is 13.3. The van der Waals surface area contributed by atoms with E-state index in [9.17, 15) is 8.60 Å². The molecule has 0 unspecified atom stereocenters. The lowest BCUT2D eigenvalue weighted by Crippen LogP contribution is -2.02. The van der Waals surface area contributed by atoms with Crippen LogP contribution in [-0.4, -0.2) is 20.7 Å². The van der Waals surface area contributed by atoms with Gasteiger partial charge in [0.1, 0.15) is 17.2 Å². The van der Waals surface area contributed by atoms with Crippen LogP contribution in [0, 0.1) is 5.82 Å². The van der Waals surface area contributed by atoms with Gasteiger partial charge in [-0.05, 0) is 30.3 Å². The number of hydrogen-bond donors (Lipinski definition) is 0. The fourth-order valence-corrected chi connectivity index (χ4v) is 3.45. The number of aromatic nitrogens is 2. The van der Waals surface area contributed by atoms with Crippen LogP contribution < -0.4 is 4.74 Å². The van der Waals surface area contributed by atoms with Gasteiger partial charge in [-0.25, -0.2) is 9.37 Å². The zero-order valence-electron chi connectivity index (χ0n) is 12.0. The second-order valence-corrected chi connectivity index (χ2v) is 6.34. The van der Waals surface area contributed by atoms with Crippen LogP contribution in [0.15, 0.2) is 48.8 Å². The Labute approximate surface area is 130 Å². The van der Waals surface area contributed by atoms with Gasteiger partial charge in [0, 0.05) is 28.8 Å². The number of rotatable bonds is 5. The van der Waals surface area contributed by atoms with E-state index in [1.807, 2.05) is 35.0 Å². The average molecular weight is 318 g/mol. The van der Waals surface area contributed by atoms with E-state index >= 15 is 0 Å². The molecule has 22 heavy (non-hydrogen) atoms. The third-order valence-electron chi connectivity index (χ3n) is 3.28. The lowest BCUT2D eigenvalue weighted by atomic mass is 10.2. The van der Waals surface area contributed by atoms with Crippen LogP contribution in [0.25, 0.3) is 5.65 Å². The highest BCUT2D eigenvalue weighted by molar-refractivity contribution is 7.83. The number of benzene rings is 1. The van der Waals surface area contributed by atoms with Gasteiger partial charge < -0.3 is 9.14 Å². The highest BCUT2D eigenvalue weighted by atomic mass is 32.2. The third-order valence-corrected chi connectivity index (χ3v) is 4.53. The molecule has 1 aromatic carbocycles. The first-order chi connectivity index (χ1) is 10.7. The molecule has 6 heteroatoms. The molecule has 0 aliphatic heterocycles. The molecule has 3 aromatic rings. The van der Waals surface area contributed by atoms with Crippen LogP contribution in [-0.2, 0) is 22.3 Å². The van der Waals surface area contributed by atoms with E-state index in [0.717, 1.165) is 11.3 Å². The quantitative estimate of drug-likeness (QED) is 0.726. The monoisotopic (exact) mass is 318 g/mol. The molecule has 0 fully saturated rings. The molecular formula is C16H15FN2O2S. The van der Waals surface area contributed by atoms with Gasteiger partial charge in [-0.1, -0.05) is 6.07 Å². The predicted molar refractivity (Wildman–Crippen MR) is 83.7 cm³/mol. The van der Waals surface area contributed by atoms with Crippen molar-refractivity contribution in [2.45, 2.75) is 11.5 Å². The van der Waals surface area contributed by atoms with Crippen molar-refractivity contribution in [1.29, 1.82) is 0 Å². The fraction of sp³-hybridized carbons (Fsp3) is 0.188. The first-order valence-electron chi connectivity index (χ1n) is 6.76. The number of imidazole rings is 1. The summed E-state index contributed by atoms with van der Waals surface area (Å²) in [7, 11) is 0.324. The van der Waals surface area contributed by atoms with E-state index in [0.29, 0.717) is 17.1 Å². The van der Waals surface area contributed by atoms with E-state index in [1.54, 1.807) is 6.07 Å². The minimum atomic E-state index is -1.19. The second-order valence-electron chi connectivity index (χ2n) is 4.88. The molecule has 0 aliphatic carbocycles. The molecule has 0 radical (unpaired) electrons. The van der Waals surface area contributed by atoms with Crippen molar-refractivity contribution in [2.75, 3.05) is 7.11 Å². The van der Waals surface area contributed by atoms with Crippen LogP contribution >= 0.6 is 0 Å².